The van der Waals surface area contributed by atoms with E-state index in [-0.39, 0.29) is 11.4 Å². The van der Waals surface area contributed by atoms with Crippen molar-refractivity contribution in [1.82, 2.24) is 5.16 Å². The first-order valence-corrected chi connectivity index (χ1v) is 7.52. The van der Waals surface area contributed by atoms with Gasteiger partial charge >= 0.3 is 0 Å². The molecule has 0 aliphatic heterocycles. The Hall–Kier alpha value is -3.22. The van der Waals surface area contributed by atoms with E-state index in [1.54, 1.807) is 26.8 Å². The van der Waals surface area contributed by atoms with Gasteiger partial charge < -0.3 is 9.26 Å². The number of rotatable bonds is 4. The lowest BCUT2D eigenvalue weighted by Gasteiger charge is -2.10. The van der Waals surface area contributed by atoms with Gasteiger partial charge in [0, 0.05) is 23.8 Å². The second-order valence-electron chi connectivity index (χ2n) is 5.68. The Bertz CT molecular complexity index is 946. The van der Waals surface area contributed by atoms with Crippen molar-refractivity contribution in [2.75, 3.05) is 0 Å². The van der Waals surface area contributed by atoms with Crippen LogP contribution in [0, 0.1) is 36.7 Å². The van der Waals surface area contributed by atoms with Gasteiger partial charge in [0.15, 0.2) is 0 Å². The van der Waals surface area contributed by atoms with E-state index in [0.717, 1.165) is 0 Å². The molecule has 2 aromatic carbocycles. The van der Waals surface area contributed by atoms with Crippen LogP contribution in [0.15, 0.2) is 40.9 Å². The van der Waals surface area contributed by atoms with Crippen LogP contribution in [0.3, 0.4) is 0 Å². The van der Waals surface area contributed by atoms with Crippen molar-refractivity contribution in [3.05, 3.63) is 69.3 Å². The van der Waals surface area contributed by atoms with Gasteiger partial charge in [-0.2, -0.15) is 0 Å². The SMILES string of the molecule is Cc1cc([N+](=O)[O-])ccc1Oc1cc(F)cc(-c2c(C)noc2C)c1. The minimum atomic E-state index is -0.478. The Kier molecular flexibility index (Phi) is 4.22. The second kappa shape index (κ2) is 6.35. The molecule has 0 N–H and O–H groups in total. The Morgan fingerprint density at radius 3 is 2.52 bits per heavy atom. The van der Waals surface area contributed by atoms with Crippen LogP contribution in [-0.2, 0) is 0 Å². The zero-order chi connectivity index (χ0) is 18.1. The Morgan fingerprint density at radius 2 is 1.92 bits per heavy atom. The van der Waals surface area contributed by atoms with Gasteiger partial charge in [0.05, 0.1) is 10.6 Å². The van der Waals surface area contributed by atoms with Crippen LogP contribution in [0.1, 0.15) is 17.0 Å². The van der Waals surface area contributed by atoms with Gasteiger partial charge in [-0.1, -0.05) is 5.16 Å². The highest BCUT2D eigenvalue weighted by atomic mass is 19.1. The van der Waals surface area contributed by atoms with Crippen LogP contribution in [0.4, 0.5) is 10.1 Å². The van der Waals surface area contributed by atoms with Gasteiger partial charge in [-0.15, -0.1) is 0 Å². The molecule has 0 unspecified atom stereocenters. The third kappa shape index (κ3) is 3.35. The number of nitro groups is 1. The first-order chi connectivity index (χ1) is 11.8. The van der Waals surface area contributed by atoms with E-state index in [4.69, 9.17) is 9.26 Å². The van der Waals surface area contributed by atoms with Crippen LogP contribution in [0.5, 0.6) is 11.5 Å². The van der Waals surface area contributed by atoms with Crippen LogP contribution in [0.2, 0.25) is 0 Å². The number of hydrogen-bond acceptors (Lipinski definition) is 5. The lowest BCUT2D eigenvalue weighted by atomic mass is 10.0. The van der Waals surface area contributed by atoms with E-state index in [2.05, 4.69) is 5.16 Å². The number of aryl methyl sites for hydroxylation is 3. The predicted molar refractivity (Wildman–Crippen MR) is 89.3 cm³/mol. The van der Waals surface area contributed by atoms with Crippen molar-refractivity contribution in [2.45, 2.75) is 20.8 Å². The molecule has 1 aromatic heterocycles. The quantitative estimate of drug-likeness (QED) is 0.486. The molecule has 0 saturated heterocycles. The standard InChI is InChI=1S/C18H15FN2O4/c1-10-6-15(21(22)23)4-5-17(10)24-16-8-13(7-14(19)9-16)18-11(2)20-25-12(18)3/h4-9H,1-3H3. The molecule has 0 radical (unpaired) electrons. The summed E-state index contributed by atoms with van der Waals surface area (Å²) in [7, 11) is 0. The first kappa shape index (κ1) is 16.6. The molecule has 0 fully saturated rings. The Labute approximate surface area is 143 Å². The number of benzene rings is 2. The van der Waals surface area contributed by atoms with Gasteiger partial charge in [-0.05, 0) is 50.1 Å². The molecule has 0 bridgehead atoms. The maximum Gasteiger partial charge on any atom is 0.269 e. The summed E-state index contributed by atoms with van der Waals surface area (Å²) < 4.78 is 24.9. The number of ether oxygens (including phenoxy) is 1. The molecule has 0 aliphatic carbocycles. The van der Waals surface area contributed by atoms with Gasteiger partial charge in [-0.25, -0.2) is 4.39 Å². The highest BCUT2D eigenvalue weighted by Gasteiger charge is 2.15. The van der Waals surface area contributed by atoms with E-state index < -0.39 is 10.7 Å². The summed E-state index contributed by atoms with van der Waals surface area (Å²) in [6.45, 7) is 5.22. The molecule has 3 aromatic rings. The molecule has 3 rings (SSSR count). The summed E-state index contributed by atoms with van der Waals surface area (Å²) in [6, 6.07) is 8.55. The first-order valence-electron chi connectivity index (χ1n) is 7.52. The summed E-state index contributed by atoms with van der Waals surface area (Å²) in [5.74, 6) is 0.820. The molecule has 25 heavy (non-hydrogen) atoms. The maximum absolute atomic E-state index is 14.0. The third-order valence-electron chi connectivity index (χ3n) is 3.79. The fourth-order valence-corrected chi connectivity index (χ4v) is 2.65. The summed E-state index contributed by atoms with van der Waals surface area (Å²) >= 11 is 0. The zero-order valence-corrected chi connectivity index (χ0v) is 13.9. The average Bonchev–Trinajstić information content (AvgIpc) is 2.87. The minimum absolute atomic E-state index is 0.0273. The van der Waals surface area contributed by atoms with Crippen molar-refractivity contribution >= 4 is 5.69 Å². The molecule has 0 amide bonds. The maximum atomic E-state index is 14.0. The average molecular weight is 342 g/mol. The number of nitro benzene ring substituents is 1. The molecule has 0 spiro atoms. The lowest BCUT2D eigenvalue weighted by molar-refractivity contribution is -0.384. The van der Waals surface area contributed by atoms with Crippen LogP contribution in [-0.4, -0.2) is 10.1 Å². The molecule has 1 heterocycles. The van der Waals surface area contributed by atoms with Gasteiger partial charge in [0.1, 0.15) is 23.1 Å². The smallest absolute Gasteiger partial charge is 0.269 e. The Balaban J connectivity index is 1.98. The van der Waals surface area contributed by atoms with Crippen molar-refractivity contribution in [2.24, 2.45) is 0 Å². The number of halogens is 1. The molecule has 0 saturated carbocycles. The van der Waals surface area contributed by atoms with Crippen LogP contribution < -0.4 is 4.74 Å². The summed E-state index contributed by atoms with van der Waals surface area (Å²) in [5.41, 5.74) is 2.51. The summed E-state index contributed by atoms with van der Waals surface area (Å²) in [5, 5.41) is 14.7. The lowest BCUT2D eigenvalue weighted by Crippen LogP contribution is -1.93. The molecule has 128 valence electrons. The van der Waals surface area contributed by atoms with Gasteiger partial charge in [0.2, 0.25) is 0 Å². The van der Waals surface area contributed by atoms with E-state index in [9.17, 15) is 14.5 Å². The molecular formula is C18H15FN2O4. The summed E-state index contributed by atoms with van der Waals surface area (Å²) in [6.07, 6.45) is 0. The zero-order valence-electron chi connectivity index (χ0n) is 13.9. The van der Waals surface area contributed by atoms with E-state index >= 15 is 0 Å². The number of aromatic nitrogens is 1. The van der Waals surface area contributed by atoms with Crippen molar-refractivity contribution in [3.8, 4) is 22.6 Å². The normalized spacial score (nSPS) is 10.7. The molecule has 0 aliphatic rings. The second-order valence-corrected chi connectivity index (χ2v) is 5.68. The number of non-ortho nitro benzene ring substituents is 1. The van der Waals surface area contributed by atoms with Crippen molar-refractivity contribution in [1.29, 1.82) is 0 Å². The van der Waals surface area contributed by atoms with Crippen molar-refractivity contribution in [3.63, 3.8) is 0 Å². The number of hydrogen-bond donors (Lipinski definition) is 0. The highest BCUT2D eigenvalue weighted by molar-refractivity contribution is 5.69. The van der Waals surface area contributed by atoms with Gasteiger partial charge in [0.25, 0.3) is 5.69 Å². The molecule has 6 nitrogen and oxygen atoms in total. The monoisotopic (exact) mass is 342 g/mol. The van der Waals surface area contributed by atoms with Crippen LogP contribution >= 0.6 is 0 Å². The largest absolute Gasteiger partial charge is 0.457 e. The topological polar surface area (TPSA) is 78.4 Å². The number of nitrogens with zero attached hydrogens (tertiary/aromatic N) is 2. The van der Waals surface area contributed by atoms with E-state index in [1.807, 2.05) is 0 Å². The fourth-order valence-electron chi connectivity index (χ4n) is 2.65. The minimum Gasteiger partial charge on any atom is -0.457 e. The fraction of sp³-hybridized carbons (Fsp3) is 0.167. The van der Waals surface area contributed by atoms with E-state index in [0.29, 0.717) is 33.9 Å². The third-order valence-corrected chi connectivity index (χ3v) is 3.79. The predicted octanol–water partition coefficient (Wildman–Crippen LogP) is 5.11. The molecule has 7 heteroatoms. The highest BCUT2D eigenvalue weighted by Crippen LogP contribution is 2.34. The van der Waals surface area contributed by atoms with Crippen LogP contribution in [0.25, 0.3) is 11.1 Å². The summed E-state index contributed by atoms with van der Waals surface area (Å²) in [4.78, 5) is 10.3. The Morgan fingerprint density at radius 1 is 1.16 bits per heavy atom. The van der Waals surface area contributed by atoms with E-state index in [1.165, 1.54) is 30.3 Å². The van der Waals surface area contributed by atoms with Gasteiger partial charge in [-0.3, -0.25) is 10.1 Å². The van der Waals surface area contributed by atoms with Crippen molar-refractivity contribution < 1.29 is 18.6 Å². The molecule has 0 atom stereocenters. The molecular weight excluding hydrogens is 327 g/mol.